The minimum atomic E-state index is -3.85. The highest BCUT2D eigenvalue weighted by molar-refractivity contribution is 14.1. The summed E-state index contributed by atoms with van der Waals surface area (Å²) in [6.07, 6.45) is 2.22. The molecule has 0 spiro atoms. The third-order valence-corrected chi connectivity index (χ3v) is 6.97. The van der Waals surface area contributed by atoms with Gasteiger partial charge in [-0.05, 0) is 95.9 Å². The van der Waals surface area contributed by atoms with Gasteiger partial charge in [-0.15, -0.1) is 0 Å². The van der Waals surface area contributed by atoms with Gasteiger partial charge in [0.1, 0.15) is 0 Å². The average Bonchev–Trinajstić information content (AvgIpc) is 3.60. The lowest BCUT2D eigenvalue weighted by Crippen LogP contribution is -2.25. The SMILES string of the molecule is O=C(NOCC1CC1)c1ccc(S(=O)(=O)Nc2ccccc2)cc1Nc1ccc(I)cc1. The lowest BCUT2D eigenvalue weighted by Gasteiger charge is -2.15. The molecule has 1 aliphatic rings. The van der Waals surface area contributed by atoms with Gasteiger partial charge in [0.25, 0.3) is 15.9 Å². The fourth-order valence-corrected chi connectivity index (χ4v) is 4.41. The number of para-hydroxylation sites is 1. The van der Waals surface area contributed by atoms with E-state index in [-0.39, 0.29) is 10.5 Å². The van der Waals surface area contributed by atoms with E-state index in [0.29, 0.717) is 23.9 Å². The normalized spacial score (nSPS) is 13.4. The molecule has 1 saturated carbocycles. The summed E-state index contributed by atoms with van der Waals surface area (Å²) in [5, 5.41) is 3.16. The van der Waals surface area contributed by atoms with Crippen molar-refractivity contribution in [3.8, 4) is 0 Å². The fourth-order valence-electron chi connectivity index (χ4n) is 2.97. The highest BCUT2D eigenvalue weighted by Crippen LogP contribution is 2.29. The van der Waals surface area contributed by atoms with Crippen molar-refractivity contribution in [2.75, 3.05) is 16.6 Å². The van der Waals surface area contributed by atoms with E-state index in [1.807, 2.05) is 24.3 Å². The number of halogens is 1. The number of anilines is 3. The van der Waals surface area contributed by atoms with Crippen molar-refractivity contribution in [3.05, 3.63) is 81.9 Å². The van der Waals surface area contributed by atoms with Crippen molar-refractivity contribution in [1.82, 2.24) is 5.48 Å². The van der Waals surface area contributed by atoms with Crippen LogP contribution in [-0.4, -0.2) is 20.9 Å². The molecular formula is C23H22IN3O4S. The number of hydrogen-bond donors (Lipinski definition) is 3. The second-order valence-electron chi connectivity index (χ2n) is 7.50. The molecular weight excluding hydrogens is 541 g/mol. The van der Waals surface area contributed by atoms with Crippen LogP contribution in [0.5, 0.6) is 0 Å². The molecule has 3 aromatic rings. The Morgan fingerprint density at radius 1 is 0.969 bits per heavy atom. The average molecular weight is 563 g/mol. The fraction of sp³-hybridized carbons (Fsp3) is 0.174. The molecule has 0 atom stereocenters. The molecule has 3 aromatic carbocycles. The maximum atomic E-state index is 12.9. The molecule has 3 N–H and O–H groups in total. The second kappa shape index (κ2) is 9.88. The Bertz CT molecular complexity index is 1200. The molecule has 4 rings (SSSR count). The minimum Gasteiger partial charge on any atom is -0.355 e. The van der Waals surface area contributed by atoms with E-state index in [4.69, 9.17) is 4.84 Å². The summed E-state index contributed by atoms with van der Waals surface area (Å²) in [6.45, 7) is 0.471. The third-order valence-electron chi connectivity index (χ3n) is 4.88. The number of benzene rings is 3. The first kappa shape index (κ1) is 22.6. The van der Waals surface area contributed by atoms with Gasteiger partial charge in [0, 0.05) is 14.9 Å². The molecule has 0 bridgehead atoms. The maximum Gasteiger partial charge on any atom is 0.276 e. The van der Waals surface area contributed by atoms with Crippen LogP contribution in [0.2, 0.25) is 0 Å². The molecule has 1 fully saturated rings. The van der Waals surface area contributed by atoms with E-state index in [1.165, 1.54) is 18.2 Å². The van der Waals surface area contributed by atoms with Crippen molar-refractivity contribution in [1.29, 1.82) is 0 Å². The quantitative estimate of drug-likeness (QED) is 0.254. The van der Waals surface area contributed by atoms with Crippen LogP contribution in [0.3, 0.4) is 0 Å². The van der Waals surface area contributed by atoms with E-state index < -0.39 is 15.9 Å². The molecule has 166 valence electrons. The van der Waals surface area contributed by atoms with Gasteiger partial charge < -0.3 is 5.32 Å². The number of hydroxylamine groups is 1. The lowest BCUT2D eigenvalue weighted by atomic mass is 10.1. The molecule has 32 heavy (non-hydrogen) atoms. The zero-order valence-corrected chi connectivity index (χ0v) is 20.0. The monoisotopic (exact) mass is 563 g/mol. The Morgan fingerprint density at radius 3 is 2.38 bits per heavy atom. The summed E-state index contributed by atoms with van der Waals surface area (Å²) in [7, 11) is -3.85. The number of amides is 1. The van der Waals surface area contributed by atoms with E-state index in [0.717, 1.165) is 22.1 Å². The van der Waals surface area contributed by atoms with Gasteiger partial charge in [-0.25, -0.2) is 13.9 Å². The van der Waals surface area contributed by atoms with Crippen molar-refractivity contribution < 1.29 is 18.0 Å². The summed E-state index contributed by atoms with van der Waals surface area (Å²) in [4.78, 5) is 18.1. The van der Waals surface area contributed by atoms with Gasteiger partial charge in [0.2, 0.25) is 0 Å². The molecule has 7 nitrogen and oxygen atoms in total. The van der Waals surface area contributed by atoms with Crippen molar-refractivity contribution in [2.24, 2.45) is 5.92 Å². The number of sulfonamides is 1. The van der Waals surface area contributed by atoms with E-state index in [2.05, 4.69) is 38.1 Å². The minimum absolute atomic E-state index is 0.0322. The van der Waals surface area contributed by atoms with Crippen LogP contribution in [-0.2, 0) is 14.9 Å². The Hall–Kier alpha value is -2.63. The predicted octanol–water partition coefficient (Wildman–Crippen LogP) is 4.91. The largest absolute Gasteiger partial charge is 0.355 e. The van der Waals surface area contributed by atoms with E-state index >= 15 is 0 Å². The Kier molecular flexibility index (Phi) is 6.97. The van der Waals surface area contributed by atoms with Crippen LogP contribution in [0.15, 0.2) is 77.7 Å². The molecule has 0 aliphatic heterocycles. The summed E-state index contributed by atoms with van der Waals surface area (Å²) in [5.74, 6) is 0.0508. The Balaban J connectivity index is 1.61. The van der Waals surface area contributed by atoms with Crippen LogP contribution in [0.25, 0.3) is 0 Å². The highest BCUT2D eigenvalue weighted by Gasteiger charge is 2.23. The molecule has 1 aliphatic carbocycles. The topological polar surface area (TPSA) is 96.5 Å². The van der Waals surface area contributed by atoms with Gasteiger partial charge in [0.15, 0.2) is 0 Å². The van der Waals surface area contributed by atoms with E-state index in [9.17, 15) is 13.2 Å². The van der Waals surface area contributed by atoms with Crippen LogP contribution >= 0.6 is 22.6 Å². The van der Waals surface area contributed by atoms with E-state index in [1.54, 1.807) is 30.3 Å². The number of carbonyl (C=O) groups excluding carboxylic acids is 1. The number of rotatable bonds is 9. The third kappa shape index (κ3) is 5.99. The predicted molar refractivity (Wildman–Crippen MR) is 132 cm³/mol. The molecule has 9 heteroatoms. The summed E-state index contributed by atoms with van der Waals surface area (Å²) in [6, 6.07) is 20.5. The van der Waals surface area contributed by atoms with Crippen molar-refractivity contribution in [3.63, 3.8) is 0 Å². The first-order chi connectivity index (χ1) is 15.4. The van der Waals surface area contributed by atoms with Gasteiger partial charge >= 0.3 is 0 Å². The lowest BCUT2D eigenvalue weighted by molar-refractivity contribution is 0.0271. The number of nitrogens with one attached hydrogen (secondary N) is 3. The first-order valence-electron chi connectivity index (χ1n) is 10.1. The van der Waals surface area contributed by atoms with Crippen LogP contribution in [0.1, 0.15) is 23.2 Å². The van der Waals surface area contributed by atoms with Gasteiger partial charge in [-0.3, -0.25) is 14.4 Å². The van der Waals surface area contributed by atoms with Crippen LogP contribution < -0.4 is 15.5 Å². The zero-order chi connectivity index (χ0) is 22.6. The second-order valence-corrected chi connectivity index (χ2v) is 10.4. The highest BCUT2D eigenvalue weighted by atomic mass is 127. The van der Waals surface area contributed by atoms with Crippen molar-refractivity contribution in [2.45, 2.75) is 17.7 Å². The molecule has 0 heterocycles. The number of hydrogen-bond acceptors (Lipinski definition) is 5. The van der Waals surface area contributed by atoms with Gasteiger partial charge in [0.05, 0.1) is 22.8 Å². The zero-order valence-electron chi connectivity index (χ0n) is 17.0. The van der Waals surface area contributed by atoms with Gasteiger partial charge in [-0.1, -0.05) is 18.2 Å². The maximum absolute atomic E-state index is 12.9. The first-order valence-corrected chi connectivity index (χ1v) is 12.6. The number of carbonyl (C=O) groups is 1. The Morgan fingerprint density at radius 2 is 1.69 bits per heavy atom. The van der Waals surface area contributed by atoms with Crippen LogP contribution in [0, 0.1) is 9.49 Å². The van der Waals surface area contributed by atoms with Crippen LogP contribution in [0.4, 0.5) is 17.1 Å². The summed E-state index contributed by atoms with van der Waals surface area (Å²) < 4.78 is 29.5. The smallest absolute Gasteiger partial charge is 0.276 e. The molecule has 1 amide bonds. The molecule has 0 saturated heterocycles. The molecule has 0 aromatic heterocycles. The summed E-state index contributed by atoms with van der Waals surface area (Å²) >= 11 is 2.20. The Labute approximate surface area is 200 Å². The van der Waals surface area contributed by atoms with Crippen molar-refractivity contribution >= 4 is 55.6 Å². The summed E-state index contributed by atoms with van der Waals surface area (Å²) in [5.41, 5.74) is 4.27. The molecule has 0 unspecified atom stereocenters. The van der Waals surface area contributed by atoms with Gasteiger partial charge in [-0.2, -0.15) is 0 Å². The standard InChI is InChI=1S/C23H22IN3O4S/c24-17-8-10-18(11-9-17)25-22-14-20(32(29,30)27-19-4-2-1-3-5-19)12-13-21(22)23(28)26-31-15-16-6-7-16/h1-5,8-14,16,25,27H,6-7,15H2,(H,26,28). The molecule has 0 radical (unpaired) electrons.